The molecule has 0 atom stereocenters. The smallest absolute Gasteiger partial charge is 0.307 e. The first-order valence-corrected chi connectivity index (χ1v) is 7.99. The van der Waals surface area contributed by atoms with E-state index in [0.717, 1.165) is 32.2 Å². The fourth-order valence-corrected chi connectivity index (χ4v) is 3.94. The molecule has 0 aliphatic heterocycles. The standard InChI is InChI=1S/C15H13NO3S2/c17-8-9-2-1-3-10(6-9)12-5-4-11(20-12)7-13-14(18)16-15(19)21-13/h1-6,17-18H,7-8H2,(H,16,19). The molecule has 6 heteroatoms. The van der Waals surface area contributed by atoms with Crippen LogP contribution < -0.4 is 4.87 Å². The Labute approximate surface area is 129 Å². The first kappa shape index (κ1) is 14.1. The van der Waals surface area contributed by atoms with Crippen LogP contribution in [0, 0.1) is 0 Å². The lowest BCUT2D eigenvalue weighted by atomic mass is 10.1. The van der Waals surface area contributed by atoms with E-state index >= 15 is 0 Å². The largest absolute Gasteiger partial charge is 0.494 e. The van der Waals surface area contributed by atoms with E-state index in [4.69, 9.17) is 0 Å². The van der Waals surface area contributed by atoms with Crippen LogP contribution in [-0.2, 0) is 13.0 Å². The van der Waals surface area contributed by atoms with Crippen LogP contribution in [0.2, 0.25) is 0 Å². The van der Waals surface area contributed by atoms with Gasteiger partial charge >= 0.3 is 4.87 Å². The van der Waals surface area contributed by atoms with Crippen molar-refractivity contribution < 1.29 is 10.2 Å². The summed E-state index contributed by atoms with van der Waals surface area (Å²) < 4.78 is 0. The van der Waals surface area contributed by atoms with Crippen molar-refractivity contribution in [3.05, 3.63) is 61.4 Å². The highest BCUT2D eigenvalue weighted by Crippen LogP contribution is 2.31. The van der Waals surface area contributed by atoms with Crippen molar-refractivity contribution in [1.82, 2.24) is 4.98 Å². The Kier molecular flexibility index (Phi) is 3.92. The topological polar surface area (TPSA) is 73.3 Å². The van der Waals surface area contributed by atoms with Gasteiger partial charge in [0.05, 0.1) is 11.5 Å². The van der Waals surface area contributed by atoms with Crippen LogP contribution in [0.5, 0.6) is 5.88 Å². The Bertz CT molecular complexity index is 816. The van der Waals surface area contributed by atoms with Gasteiger partial charge in [0.1, 0.15) is 0 Å². The third-order valence-electron chi connectivity index (χ3n) is 3.09. The van der Waals surface area contributed by atoms with Crippen molar-refractivity contribution in [3.8, 4) is 16.3 Å². The summed E-state index contributed by atoms with van der Waals surface area (Å²) in [7, 11) is 0. The Morgan fingerprint density at radius 1 is 1.14 bits per heavy atom. The average molecular weight is 319 g/mol. The van der Waals surface area contributed by atoms with E-state index in [0.29, 0.717) is 11.3 Å². The molecule has 4 nitrogen and oxygen atoms in total. The van der Waals surface area contributed by atoms with Crippen molar-refractivity contribution in [1.29, 1.82) is 0 Å². The van der Waals surface area contributed by atoms with Gasteiger partial charge in [0.15, 0.2) is 0 Å². The number of aliphatic hydroxyl groups is 1. The molecule has 0 saturated heterocycles. The minimum Gasteiger partial charge on any atom is -0.494 e. The third-order valence-corrected chi connectivity index (χ3v) is 5.10. The molecule has 0 amide bonds. The number of rotatable bonds is 4. The number of nitrogens with one attached hydrogen (secondary N) is 1. The zero-order valence-electron chi connectivity index (χ0n) is 11.0. The first-order chi connectivity index (χ1) is 10.2. The van der Waals surface area contributed by atoms with Crippen LogP contribution in [0.25, 0.3) is 10.4 Å². The Balaban J connectivity index is 1.86. The molecule has 3 aromatic rings. The quantitative estimate of drug-likeness (QED) is 0.692. The van der Waals surface area contributed by atoms with E-state index in [9.17, 15) is 15.0 Å². The summed E-state index contributed by atoms with van der Waals surface area (Å²) in [4.78, 5) is 16.1. The van der Waals surface area contributed by atoms with Crippen molar-refractivity contribution in [3.63, 3.8) is 0 Å². The van der Waals surface area contributed by atoms with Gasteiger partial charge in [-0.2, -0.15) is 0 Å². The van der Waals surface area contributed by atoms with Crippen molar-refractivity contribution in [2.45, 2.75) is 13.0 Å². The summed E-state index contributed by atoms with van der Waals surface area (Å²) in [6.07, 6.45) is 0.541. The van der Waals surface area contributed by atoms with E-state index < -0.39 is 0 Å². The molecule has 0 aliphatic carbocycles. The van der Waals surface area contributed by atoms with E-state index in [1.807, 2.05) is 36.4 Å². The molecule has 0 fully saturated rings. The third kappa shape index (κ3) is 3.07. The number of aliphatic hydroxyl groups excluding tert-OH is 1. The van der Waals surface area contributed by atoms with Crippen LogP contribution >= 0.6 is 22.7 Å². The minimum atomic E-state index is -0.241. The van der Waals surface area contributed by atoms with Gasteiger partial charge in [-0.1, -0.05) is 29.5 Å². The van der Waals surface area contributed by atoms with Gasteiger partial charge in [0, 0.05) is 16.2 Å². The van der Waals surface area contributed by atoms with Gasteiger partial charge in [-0.3, -0.25) is 9.78 Å². The van der Waals surface area contributed by atoms with E-state index in [-0.39, 0.29) is 17.4 Å². The summed E-state index contributed by atoms with van der Waals surface area (Å²) in [5.41, 5.74) is 1.94. The van der Waals surface area contributed by atoms with Crippen molar-refractivity contribution in [2.24, 2.45) is 0 Å². The fourth-order valence-electron chi connectivity index (χ4n) is 2.08. The maximum atomic E-state index is 11.2. The molecule has 3 rings (SSSR count). The van der Waals surface area contributed by atoms with E-state index in [2.05, 4.69) is 4.98 Å². The van der Waals surface area contributed by atoms with Gasteiger partial charge in [-0.25, -0.2) is 0 Å². The van der Waals surface area contributed by atoms with Crippen LogP contribution in [0.3, 0.4) is 0 Å². The second-order valence-corrected chi connectivity index (χ2v) is 6.82. The number of thiophene rings is 1. The van der Waals surface area contributed by atoms with Gasteiger partial charge in [0.2, 0.25) is 5.88 Å². The molecule has 2 aromatic heterocycles. The zero-order chi connectivity index (χ0) is 14.8. The molecule has 0 radical (unpaired) electrons. The number of H-pyrrole nitrogens is 1. The fraction of sp³-hybridized carbons (Fsp3) is 0.133. The molecule has 21 heavy (non-hydrogen) atoms. The Morgan fingerprint density at radius 2 is 2.00 bits per heavy atom. The molecule has 0 spiro atoms. The molecule has 3 N–H and O–H groups in total. The predicted molar refractivity (Wildman–Crippen MR) is 85.1 cm³/mol. The number of hydrogen-bond acceptors (Lipinski definition) is 5. The summed E-state index contributed by atoms with van der Waals surface area (Å²) in [6.45, 7) is 0.0251. The lowest BCUT2D eigenvalue weighted by Crippen LogP contribution is -1.89. The molecule has 1 aromatic carbocycles. The maximum Gasteiger partial charge on any atom is 0.307 e. The number of aromatic hydroxyl groups is 1. The number of aromatic amines is 1. The highest BCUT2D eigenvalue weighted by molar-refractivity contribution is 7.15. The molecule has 0 aliphatic rings. The molecular weight excluding hydrogens is 306 g/mol. The highest BCUT2D eigenvalue weighted by atomic mass is 32.1. The molecule has 108 valence electrons. The minimum absolute atomic E-state index is 0.0251. The van der Waals surface area contributed by atoms with Gasteiger partial charge in [0.25, 0.3) is 0 Å². The van der Waals surface area contributed by atoms with Gasteiger partial charge in [-0.05, 0) is 29.3 Å². The average Bonchev–Trinajstić information content (AvgIpc) is 3.06. The number of hydrogen-bond donors (Lipinski definition) is 3. The monoisotopic (exact) mass is 319 g/mol. The first-order valence-electron chi connectivity index (χ1n) is 6.35. The Morgan fingerprint density at radius 3 is 2.71 bits per heavy atom. The molecular formula is C15H13NO3S2. The lowest BCUT2D eigenvalue weighted by molar-refractivity contribution is 0.282. The van der Waals surface area contributed by atoms with E-state index in [1.54, 1.807) is 11.3 Å². The summed E-state index contributed by atoms with van der Waals surface area (Å²) in [5, 5.41) is 18.8. The number of thiazole rings is 1. The molecule has 0 saturated carbocycles. The van der Waals surface area contributed by atoms with Gasteiger partial charge < -0.3 is 10.2 Å². The zero-order valence-corrected chi connectivity index (χ0v) is 12.6. The predicted octanol–water partition coefficient (Wildman–Crippen LogP) is 2.95. The maximum absolute atomic E-state index is 11.2. The number of benzene rings is 1. The highest BCUT2D eigenvalue weighted by Gasteiger charge is 2.10. The van der Waals surface area contributed by atoms with Crippen molar-refractivity contribution >= 4 is 22.7 Å². The lowest BCUT2D eigenvalue weighted by Gasteiger charge is -2.00. The van der Waals surface area contributed by atoms with E-state index in [1.165, 1.54) is 0 Å². The van der Waals surface area contributed by atoms with Crippen LogP contribution in [0.4, 0.5) is 0 Å². The van der Waals surface area contributed by atoms with Crippen LogP contribution in [0.15, 0.2) is 41.2 Å². The SMILES string of the molecule is O=c1[nH]c(O)c(Cc2ccc(-c3cccc(CO)c3)s2)s1. The number of aromatic nitrogens is 1. The van der Waals surface area contributed by atoms with Crippen LogP contribution in [0.1, 0.15) is 15.3 Å². The van der Waals surface area contributed by atoms with Crippen molar-refractivity contribution in [2.75, 3.05) is 0 Å². The molecule has 2 heterocycles. The van der Waals surface area contributed by atoms with Gasteiger partial charge in [-0.15, -0.1) is 11.3 Å². The van der Waals surface area contributed by atoms with Crippen LogP contribution in [-0.4, -0.2) is 15.2 Å². The molecule has 0 unspecified atom stereocenters. The molecule has 0 bridgehead atoms. The Hall–Kier alpha value is -1.89. The summed E-state index contributed by atoms with van der Waals surface area (Å²) in [6, 6.07) is 11.8. The second-order valence-electron chi connectivity index (χ2n) is 4.59. The normalized spacial score (nSPS) is 10.9. The summed E-state index contributed by atoms with van der Waals surface area (Å²) >= 11 is 2.65. The second kappa shape index (κ2) is 5.85. The summed E-state index contributed by atoms with van der Waals surface area (Å²) in [5.74, 6) is -0.0396.